The first-order chi connectivity index (χ1) is 13.5. The molecular formula is C19H15F3N4O2. The summed E-state index contributed by atoms with van der Waals surface area (Å²) in [6, 6.07) is 7.56. The van der Waals surface area contributed by atoms with E-state index in [2.05, 4.69) is 10.3 Å². The maximum absolute atomic E-state index is 14.3. The molecule has 28 heavy (non-hydrogen) atoms. The number of para-hydroxylation sites is 1. The molecule has 2 aromatic carbocycles. The van der Waals surface area contributed by atoms with Crippen LogP contribution in [-0.2, 0) is 6.54 Å². The van der Waals surface area contributed by atoms with Crippen LogP contribution in [0.15, 0.2) is 36.4 Å². The van der Waals surface area contributed by atoms with Crippen molar-refractivity contribution >= 4 is 11.6 Å². The highest BCUT2D eigenvalue weighted by Gasteiger charge is 2.30. The van der Waals surface area contributed by atoms with Gasteiger partial charge in [0, 0.05) is 11.6 Å². The maximum Gasteiger partial charge on any atom is 0.281 e. The number of halogens is 3. The zero-order chi connectivity index (χ0) is 19.8. The number of carbonyl (C=O) groups is 1. The molecule has 0 N–H and O–H groups in total. The second-order valence-electron chi connectivity index (χ2n) is 6.31. The van der Waals surface area contributed by atoms with Gasteiger partial charge in [0.2, 0.25) is 0 Å². The van der Waals surface area contributed by atoms with E-state index in [9.17, 15) is 18.0 Å². The molecule has 0 saturated carbocycles. The van der Waals surface area contributed by atoms with E-state index in [0.29, 0.717) is 5.69 Å². The van der Waals surface area contributed by atoms with Crippen LogP contribution in [0.1, 0.15) is 21.7 Å². The lowest BCUT2D eigenvalue weighted by molar-refractivity contribution is 0.0969. The van der Waals surface area contributed by atoms with Crippen LogP contribution in [0.25, 0.3) is 0 Å². The molecule has 0 fully saturated rings. The molecule has 0 aliphatic carbocycles. The summed E-state index contributed by atoms with van der Waals surface area (Å²) in [6.45, 7) is 1.96. The Morgan fingerprint density at radius 3 is 2.79 bits per heavy atom. The highest BCUT2D eigenvalue weighted by atomic mass is 19.1. The molecule has 0 atom stereocenters. The normalized spacial score (nSPS) is 13.2. The number of anilines is 1. The van der Waals surface area contributed by atoms with E-state index in [1.54, 1.807) is 13.0 Å². The van der Waals surface area contributed by atoms with Gasteiger partial charge >= 0.3 is 0 Å². The third-order valence-corrected chi connectivity index (χ3v) is 4.56. The quantitative estimate of drug-likeness (QED) is 0.692. The lowest BCUT2D eigenvalue weighted by Gasteiger charge is -2.29. The molecular weight excluding hydrogens is 373 g/mol. The van der Waals surface area contributed by atoms with Gasteiger partial charge in [0.1, 0.15) is 29.7 Å². The third-order valence-electron chi connectivity index (χ3n) is 4.56. The van der Waals surface area contributed by atoms with Gasteiger partial charge in [-0.05, 0) is 25.1 Å². The number of amides is 1. The van der Waals surface area contributed by atoms with Crippen LogP contribution < -0.4 is 9.64 Å². The van der Waals surface area contributed by atoms with Crippen molar-refractivity contribution < 1.29 is 22.7 Å². The smallest absolute Gasteiger partial charge is 0.281 e. The first kappa shape index (κ1) is 18.0. The Bertz CT molecular complexity index is 1070. The molecule has 4 rings (SSSR count). The molecule has 1 aliphatic heterocycles. The average molecular weight is 388 g/mol. The lowest BCUT2D eigenvalue weighted by atomic mass is 10.2. The lowest BCUT2D eigenvalue weighted by Crippen LogP contribution is -2.39. The molecule has 0 spiro atoms. The molecule has 6 nitrogen and oxygen atoms in total. The van der Waals surface area contributed by atoms with Crippen molar-refractivity contribution in [3.63, 3.8) is 0 Å². The average Bonchev–Trinajstić information content (AvgIpc) is 3.03. The summed E-state index contributed by atoms with van der Waals surface area (Å²) in [5.74, 6) is -2.23. The molecule has 144 valence electrons. The van der Waals surface area contributed by atoms with Crippen molar-refractivity contribution in [2.75, 3.05) is 18.1 Å². The highest BCUT2D eigenvalue weighted by molar-refractivity contribution is 6.06. The number of hydrogen-bond acceptors (Lipinski definition) is 4. The van der Waals surface area contributed by atoms with E-state index in [0.717, 1.165) is 12.1 Å². The predicted molar refractivity (Wildman–Crippen MR) is 93.8 cm³/mol. The Hall–Kier alpha value is -3.36. The molecule has 0 unspecified atom stereocenters. The van der Waals surface area contributed by atoms with Crippen LogP contribution in [0.2, 0.25) is 0 Å². The minimum Gasteiger partial charge on any atom is -0.489 e. The Labute approximate surface area is 158 Å². The summed E-state index contributed by atoms with van der Waals surface area (Å²) in [5, 5.41) is 7.80. The number of fused-ring (bicyclic) bond motifs is 1. The molecule has 1 amide bonds. The molecule has 0 saturated heterocycles. The third kappa shape index (κ3) is 3.08. The van der Waals surface area contributed by atoms with Crippen LogP contribution in [0.5, 0.6) is 5.75 Å². The van der Waals surface area contributed by atoms with Crippen LogP contribution >= 0.6 is 0 Å². The Kier molecular flexibility index (Phi) is 4.50. The minimum atomic E-state index is -0.716. The second-order valence-corrected chi connectivity index (χ2v) is 6.31. The van der Waals surface area contributed by atoms with Crippen LogP contribution in [0, 0.1) is 24.4 Å². The first-order valence-electron chi connectivity index (χ1n) is 8.53. The van der Waals surface area contributed by atoms with Gasteiger partial charge in [0.15, 0.2) is 11.5 Å². The fraction of sp³-hybridized carbons (Fsp3) is 0.211. The number of carbonyl (C=O) groups excluding carboxylic acids is 1. The van der Waals surface area contributed by atoms with Gasteiger partial charge < -0.3 is 4.74 Å². The molecule has 2 heterocycles. The van der Waals surface area contributed by atoms with E-state index in [1.165, 1.54) is 27.8 Å². The second kappa shape index (κ2) is 6.99. The largest absolute Gasteiger partial charge is 0.489 e. The van der Waals surface area contributed by atoms with Crippen LogP contribution in [0.3, 0.4) is 0 Å². The topological polar surface area (TPSA) is 60.3 Å². The van der Waals surface area contributed by atoms with E-state index in [-0.39, 0.29) is 42.4 Å². The molecule has 0 bridgehead atoms. The van der Waals surface area contributed by atoms with Crippen molar-refractivity contribution in [3.05, 3.63) is 70.8 Å². The fourth-order valence-electron chi connectivity index (χ4n) is 3.08. The number of hydrogen-bond donors (Lipinski definition) is 0. The Morgan fingerprint density at radius 1 is 1.18 bits per heavy atom. The number of rotatable bonds is 3. The van der Waals surface area contributed by atoms with Crippen molar-refractivity contribution in [2.24, 2.45) is 0 Å². The predicted octanol–water partition coefficient (Wildman–Crippen LogP) is 3.09. The van der Waals surface area contributed by atoms with E-state index < -0.39 is 23.4 Å². The van der Waals surface area contributed by atoms with Crippen LogP contribution in [-0.4, -0.2) is 34.1 Å². The van der Waals surface area contributed by atoms with E-state index >= 15 is 0 Å². The summed E-state index contributed by atoms with van der Waals surface area (Å²) >= 11 is 0. The maximum atomic E-state index is 14.3. The van der Waals surface area contributed by atoms with Gasteiger partial charge in [-0.2, -0.15) is 0 Å². The number of aromatic nitrogens is 3. The SMILES string of the molecule is Cc1c(C(=O)N2CCOc3cccc(F)c32)nnn1Cc1ccc(F)cc1F. The van der Waals surface area contributed by atoms with Gasteiger partial charge in [0.05, 0.1) is 18.8 Å². The number of ether oxygens (including phenoxy) is 1. The van der Waals surface area contributed by atoms with Gasteiger partial charge in [-0.3, -0.25) is 9.69 Å². The Balaban J connectivity index is 1.64. The summed E-state index contributed by atoms with van der Waals surface area (Å²) < 4.78 is 48.0. The standard InChI is InChI=1S/C19H15F3N4O2/c1-11-17(23-24-26(11)10-12-5-6-13(20)9-15(12)22)19(27)25-7-8-28-16-4-2-3-14(21)18(16)25/h2-6,9H,7-8,10H2,1H3. The number of benzene rings is 2. The summed E-state index contributed by atoms with van der Waals surface area (Å²) in [7, 11) is 0. The van der Waals surface area contributed by atoms with Crippen molar-refractivity contribution in [3.8, 4) is 5.75 Å². The fourth-order valence-corrected chi connectivity index (χ4v) is 3.08. The van der Waals surface area contributed by atoms with Crippen LogP contribution in [0.4, 0.5) is 18.9 Å². The molecule has 1 aromatic heterocycles. The minimum absolute atomic E-state index is 0.0215. The van der Waals surface area contributed by atoms with Gasteiger partial charge in [-0.1, -0.05) is 17.3 Å². The monoisotopic (exact) mass is 388 g/mol. The first-order valence-corrected chi connectivity index (χ1v) is 8.53. The van der Waals surface area contributed by atoms with Crippen molar-refractivity contribution in [1.29, 1.82) is 0 Å². The summed E-state index contributed by atoms with van der Waals surface area (Å²) in [5.41, 5.74) is 0.671. The van der Waals surface area contributed by atoms with Gasteiger partial charge in [-0.15, -0.1) is 5.10 Å². The van der Waals surface area contributed by atoms with Crippen molar-refractivity contribution in [1.82, 2.24) is 15.0 Å². The van der Waals surface area contributed by atoms with Crippen molar-refractivity contribution in [2.45, 2.75) is 13.5 Å². The molecule has 0 radical (unpaired) electrons. The molecule has 1 aliphatic rings. The zero-order valence-electron chi connectivity index (χ0n) is 14.8. The zero-order valence-corrected chi connectivity index (χ0v) is 14.8. The van der Waals surface area contributed by atoms with Gasteiger partial charge in [-0.25, -0.2) is 17.9 Å². The van der Waals surface area contributed by atoms with E-state index in [4.69, 9.17) is 4.74 Å². The van der Waals surface area contributed by atoms with Gasteiger partial charge in [0.25, 0.3) is 5.91 Å². The Morgan fingerprint density at radius 2 is 2.00 bits per heavy atom. The van der Waals surface area contributed by atoms with E-state index in [1.807, 2.05) is 0 Å². The molecule has 9 heteroatoms. The summed E-state index contributed by atoms with van der Waals surface area (Å²) in [6.07, 6.45) is 0. The highest BCUT2D eigenvalue weighted by Crippen LogP contribution is 2.34. The number of nitrogens with zero attached hydrogens (tertiary/aromatic N) is 4. The summed E-state index contributed by atoms with van der Waals surface area (Å²) in [4.78, 5) is 14.2. The molecule has 3 aromatic rings.